The minimum atomic E-state index is -4.68. The Morgan fingerprint density at radius 3 is 2.37 bits per heavy atom. The van der Waals surface area contributed by atoms with Crippen LogP contribution >= 0.6 is 0 Å². The fourth-order valence-electron chi connectivity index (χ4n) is 3.57. The minimum Gasteiger partial charge on any atom is -0.497 e. The summed E-state index contributed by atoms with van der Waals surface area (Å²) in [4.78, 5) is 8.27. The monoisotopic (exact) mass is 479 g/mol. The van der Waals surface area contributed by atoms with Crippen LogP contribution in [0.2, 0.25) is 0 Å². The topological polar surface area (TPSA) is 66.5 Å². The number of benzene rings is 2. The van der Waals surface area contributed by atoms with Gasteiger partial charge in [0.1, 0.15) is 29.4 Å². The molecule has 178 valence electrons. The van der Waals surface area contributed by atoms with Crippen molar-refractivity contribution in [2.45, 2.75) is 19.3 Å². The van der Waals surface area contributed by atoms with Crippen LogP contribution in [0.25, 0.3) is 17.2 Å². The Morgan fingerprint density at radius 1 is 0.886 bits per heavy atom. The SMILES string of the molecule is COc1ccc(Cn2nc(C(F)(F)F)nc2-c2cn3ccc(OCc4ccccc4)cc3n2)cc1. The van der Waals surface area contributed by atoms with Gasteiger partial charge in [-0.3, -0.25) is 0 Å². The molecule has 5 rings (SSSR count). The molecule has 0 spiro atoms. The number of imidazole rings is 1. The van der Waals surface area contributed by atoms with Crippen LogP contribution < -0.4 is 9.47 Å². The van der Waals surface area contributed by atoms with Crippen LogP contribution in [0.15, 0.2) is 79.1 Å². The van der Waals surface area contributed by atoms with E-state index in [1.165, 1.54) is 4.68 Å². The first-order valence-electron chi connectivity index (χ1n) is 10.7. The average Bonchev–Trinajstić information content (AvgIpc) is 3.47. The maximum Gasteiger partial charge on any atom is 0.453 e. The zero-order valence-electron chi connectivity index (χ0n) is 18.6. The van der Waals surface area contributed by atoms with E-state index >= 15 is 0 Å². The maximum absolute atomic E-state index is 13.4. The molecule has 3 heterocycles. The molecule has 0 saturated carbocycles. The Morgan fingerprint density at radius 2 is 1.66 bits per heavy atom. The molecule has 0 fully saturated rings. The maximum atomic E-state index is 13.4. The van der Waals surface area contributed by atoms with Gasteiger partial charge in [-0.25, -0.2) is 14.6 Å². The van der Waals surface area contributed by atoms with Gasteiger partial charge >= 0.3 is 6.18 Å². The Balaban J connectivity index is 1.45. The Kier molecular flexibility index (Phi) is 5.86. The fourth-order valence-corrected chi connectivity index (χ4v) is 3.57. The average molecular weight is 479 g/mol. The molecule has 5 aromatic rings. The second-order valence-corrected chi connectivity index (χ2v) is 7.79. The normalized spacial score (nSPS) is 11.7. The first-order chi connectivity index (χ1) is 16.9. The van der Waals surface area contributed by atoms with Crippen LogP contribution in [0.5, 0.6) is 11.5 Å². The lowest BCUT2D eigenvalue weighted by Crippen LogP contribution is -2.09. The second kappa shape index (κ2) is 9.13. The number of ether oxygens (including phenoxy) is 2. The number of hydrogen-bond donors (Lipinski definition) is 0. The van der Waals surface area contributed by atoms with Gasteiger partial charge in [0, 0.05) is 18.5 Å². The van der Waals surface area contributed by atoms with Crippen LogP contribution in [0.3, 0.4) is 0 Å². The number of aromatic nitrogens is 5. The Labute approximate surface area is 198 Å². The van der Waals surface area contributed by atoms with Gasteiger partial charge < -0.3 is 13.9 Å². The summed E-state index contributed by atoms with van der Waals surface area (Å²) in [6, 6.07) is 20.2. The van der Waals surface area contributed by atoms with E-state index in [1.54, 1.807) is 60.3 Å². The highest BCUT2D eigenvalue weighted by Gasteiger charge is 2.37. The molecular weight excluding hydrogens is 459 g/mol. The quantitative estimate of drug-likeness (QED) is 0.319. The highest BCUT2D eigenvalue weighted by atomic mass is 19.4. The van der Waals surface area contributed by atoms with Gasteiger partial charge in [0.05, 0.1) is 13.7 Å². The van der Waals surface area contributed by atoms with E-state index in [4.69, 9.17) is 9.47 Å². The van der Waals surface area contributed by atoms with Crippen LogP contribution in [0.1, 0.15) is 17.0 Å². The molecule has 0 aliphatic heterocycles. The van der Waals surface area contributed by atoms with Gasteiger partial charge in [-0.1, -0.05) is 42.5 Å². The molecule has 35 heavy (non-hydrogen) atoms. The number of hydrogen-bond acceptors (Lipinski definition) is 5. The van der Waals surface area contributed by atoms with Crippen molar-refractivity contribution in [2.75, 3.05) is 7.11 Å². The minimum absolute atomic E-state index is 0.0172. The summed E-state index contributed by atoms with van der Waals surface area (Å²) in [6.07, 6.45) is -1.33. The molecule has 0 saturated heterocycles. The van der Waals surface area contributed by atoms with Crippen LogP contribution in [0, 0.1) is 0 Å². The molecule has 0 bridgehead atoms. The summed E-state index contributed by atoms with van der Waals surface area (Å²) in [5.74, 6) is 0.0388. The third-order valence-electron chi connectivity index (χ3n) is 5.33. The lowest BCUT2D eigenvalue weighted by atomic mass is 10.2. The second-order valence-electron chi connectivity index (χ2n) is 7.79. The summed E-state index contributed by atoms with van der Waals surface area (Å²) in [5.41, 5.74) is 2.54. The molecule has 0 radical (unpaired) electrons. The largest absolute Gasteiger partial charge is 0.497 e. The molecule has 0 unspecified atom stereocenters. The predicted molar refractivity (Wildman–Crippen MR) is 122 cm³/mol. The number of nitrogens with zero attached hydrogens (tertiary/aromatic N) is 5. The predicted octanol–water partition coefficient (Wildman–Crippen LogP) is 5.25. The first kappa shape index (κ1) is 22.5. The van der Waals surface area contributed by atoms with Gasteiger partial charge in [0.25, 0.3) is 5.82 Å². The lowest BCUT2D eigenvalue weighted by molar-refractivity contribution is -0.144. The zero-order valence-corrected chi connectivity index (χ0v) is 18.6. The summed E-state index contributed by atoms with van der Waals surface area (Å²) in [5, 5.41) is 3.72. The first-order valence-corrected chi connectivity index (χ1v) is 10.7. The summed E-state index contributed by atoms with van der Waals surface area (Å²) in [7, 11) is 1.54. The number of fused-ring (bicyclic) bond motifs is 1. The van der Waals surface area contributed by atoms with Crippen molar-refractivity contribution in [3.8, 4) is 23.0 Å². The molecule has 0 aliphatic carbocycles. The van der Waals surface area contributed by atoms with E-state index in [0.717, 1.165) is 11.1 Å². The van der Waals surface area contributed by atoms with Crippen molar-refractivity contribution in [2.24, 2.45) is 0 Å². The van der Waals surface area contributed by atoms with Crippen LogP contribution in [0.4, 0.5) is 13.2 Å². The van der Waals surface area contributed by atoms with E-state index in [0.29, 0.717) is 23.8 Å². The van der Waals surface area contributed by atoms with Gasteiger partial charge in [0.2, 0.25) is 0 Å². The standard InChI is InChI=1S/C25H20F3N5O2/c1-34-19-9-7-17(8-10-19)14-33-23(30-24(31-33)25(26,27)28)21-15-32-12-11-20(13-22(32)29-21)35-16-18-5-3-2-4-6-18/h2-13,15H,14,16H2,1H3. The van der Waals surface area contributed by atoms with E-state index in [2.05, 4.69) is 15.1 Å². The van der Waals surface area contributed by atoms with Crippen molar-refractivity contribution < 1.29 is 22.6 Å². The number of halogens is 3. The van der Waals surface area contributed by atoms with Crippen LogP contribution in [-0.4, -0.2) is 31.3 Å². The molecule has 10 heteroatoms. The molecule has 2 aromatic carbocycles. The third-order valence-corrected chi connectivity index (χ3v) is 5.33. The molecule has 0 aliphatic rings. The molecule has 0 amide bonds. The smallest absolute Gasteiger partial charge is 0.453 e. The number of alkyl halides is 3. The van der Waals surface area contributed by atoms with Crippen molar-refractivity contribution in [1.29, 1.82) is 0 Å². The zero-order chi connectivity index (χ0) is 24.4. The van der Waals surface area contributed by atoms with Crippen molar-refractivity contribution >= 4 is 5.65 Å². The molecule has 3 aromatic heterocycles. The van der Waals surface area contributed by atoms with Gasteiger partial charge in [-0.05, 0) is 29.3 Å². The summed E-state index contributed by atoms with van der Waals surface area (Å²) >= 11 is 0. The number of pyridine rings is 1. The molecular formula is C25H20F3N5O2. The molecule has 0 atom stereocenters. The van der Waals surface area contributed by atoms with E-state index in [1.807, 2.05) is 30.3 Å². The van der Waals surface area contributed by atoms with Gasteiger partial charge in [-0.15, -0.1) is 5.10 Å². The van der Waals surface area contributed by atoms with Gasteiger partial charge in [-0.2, -0.15) is 13.2 Å². The highest BCUT2D eigenvalue weighted by molar-refractivity contribution is 5.57. The van der Waals surface area contributed by atoms with Crippen molar-refractivity contribution in [3.63, 3.8) is 0 Å². The van der Waals surface area contributed by atoms with E-state index in [-0.39, 0.29) is 18.1 Å². The van der Waals surface area contributed by atoms with Crippen LogP contribution in [-0.2, 0) is 19.3 Å². The summed E-state index contributed by atoms with van der Waals surface area (Å²) in [6.45, 7) is 0.470. The Hall–Kier alpha value is -4.34. The number of methoxy groups -OCH3 is 1. The van der Waals surface area contributed by atoms with Crippen molar-refractivity contribution in [1.82, 2.24) is 24.1 Å². The fraction of sp³-hybridized carbons (Fsp3) is 0.160. The van der Waals surface area contributed by atoms with Gasteiger partial charge in [0.15, 0.2) is 5.82 Å². The van der Waals surface area contributed by atoms with E-state index in [9.17, 15) is 13.2 Å². The Bertz CT molecular complexity index is 1440. The molecule has 7 nitrogen and oxygen atoms in total. The third kappa shape index (κ3) is 4.96. The number of rotatable bonds is 7. The lowest BCUT2D eigenvalue weighted by Gasteiger charge is -2.06. The molecule has 0 N–H and O–H groups in total. The summed E-state index contributed by atoms with van der Waals surface area (Å²) < 4.78 is 54.1. The van der Waals surface area contributed by atoms with Crippen molar-refractivity contribution in [3.05, 3.63) is 96.1 Å². The highest BCUT2D eigenvalue weighted by Crippen LogP contribution is 2.30. The van der Waals surface area contributed by atoms with E-state index < -0.39 is 12.0 Å².